The molecule has 1 aromatic rings. The fraction of sp³-hybridized carbons (Fsp3) is 0.615. The lowest BCUT2D eigenvalue weighted by molar-refractivity contribution is 0.403. The summed E-state index contributed by atoms with van der Waals surface area (Å²) in [6.45, 7) is 4.30. The van der Waals surface area contributed by atoms with Crippen LogP contribution in [0, 0.1) is 5.92 Å². The average Bonchev–Trinajstić information content (AvgIpc) is 2.39. The maximum Gasteiger partial charge on any atom is 0.149 e. The third-order valence-electron chi connectivity index (χ3n) is 3.54. The quantitative estimate of drug-likeness (QED) is 0.909. The second-order valence-electron chi connectivity index (χ2n) is 4.74. The Hall–Kier alpha value is -0.670. The van der Waals surface area contributed by atoms with Gasteiger partial charge in [0.1, 0.15) is 11.6 Å². The highest BCUT2D eigenvalue weighted by Crippen LogP contribution is 2.33. The first-order valence-electron chi connectivity index (χ1n) is 6.44. The van der Waals surface area contributed by atoms with E-state index in [4.69, 9.17) is 23.2 Å². The molecule has 5 heteroatoms. The largest absolute Gasteiger partial charge is 0.372 e. The lowest BCUT2D eigenvalue weighted by atomic mass is 9.96. The van der Waals surface area contributed by atoms with Crippen LogP contribution in [0.4, 0.5) is 11.6 Å². The third kappa shape index (κ3) is 2.83. The van der Waals surface area contributed by atoms with E-state index >= 15 is 0 Å². The Morgan fingerprint density at radius 2 is 2.22 bits per heavy atom. The topological polar surface area (TPSA) is 28.2 Å². The fourth-order valence-corrected chi connectivity index (χ4v) is 3.02. The molecule has 0 aromatic carbocycles. The van der Waals surface area contributed by atoms with Crippen molar-refractivity contribution in [2.24, 2.45) is 5.92 Å². The second-order valence-corrected chi connectivity index (χ2v) is 5.55. The smallest absolute Gasteiger partial charge is 0.149 e. The summed E-state index contributed by atoms with van der Waals surface area (Å²) in [5.41, 5.74) is 0. The van der Waals surface area contributed by atoms with Crippen molar-refractivity contribution in [2.45, 2.75) is 26.2 Å². The van der Waals surface area contributed by atoms with E-state index in [2.05, 4.69) is 22.1 Å². The molecule has 1 N–H and O–H groups in total. The Kier molecular flexibility index (Phi) is 4.57. The Morgan fingerprint density at radius 3 is 2.89 bits per heavy atom. The number of nitrogens with one attached hydrogen (secondary N) is 1. The lowest BCUT2D eigenvalue weighted by Crippen LogP contribution is -2.36. The normalized spacial score (nSPS) is 20.0. The Balaban J connectivity index is 2.26. The molecule has 1 fully saturated rings. The maximum atomic E-state index is 6.27. The van der Waals surface area contributed by atoms with E-state index in [1.807, 2.05) is 7.05 Å². The number of pyridine rings is 1. The molecule has 3 nitrogen and oxygen atoms in total. The molecule has 1 aliphatic heterocycles. The van der Waals surface area contributed by atoms with Crippen molar-refractivity contribution in [3.63, 3.8) is 0 Å². The highest BCUT2D eigenvalue weighted by atomic mass is 35.5. The summed E-state index contributed by atoms with van der Waals surface area (Å²) in [5.74, 6) is 2.28. The molecular weight excluding hydrogens is 269 g/mol. The van der Waals surface area contributed by atoms with Crippen molar-refractivity contribution in [2.75, 3.05) is 30.4 Å². The molecule has 1 unspecified atom stereocenters. The number of rotatable bonds is 3. The summed E-state index contributed by atoms with van der Waals surface area (Å²) in [4.78, 5) is 6.81. The molecule has 2 rings (SSSR count). The van der Waals surface area contributed by atoms with Gasteiger partial charge in [-0.25, -0.2) is 4.98 Å². The highest BCUT2D eigenvalue weighted by Gasteiger charge is 2.22. The van der Waals surface area contributed by atoms with E-state index in [1.165, 1.54) is 19.3 Å². The molecule has 0 saturated carbocycles. The van der Waals surface area contributed by atoms with Gasteiger partial charge in [0.05, 0.1) is 10.0 Å². The predicted molar refractivity (Wildman–Crippen MR) is 79.0 cm³/mol. The second kappa shape index (κ2) is 5.98. The molecule has 0 amide bonds. The molecule has 1 atom stereocenters. The number of hydrogen-bond acceptors (Lipinski definition) is 3. The highest BCUT2D eigenvalue weighted by molar-refractivity contribution is 6.37. The van der Waals surface area contributed by atoms with Crippen LogP contribution in [0.1, 0.15) is 26.2 Å². The van der Waals surface area contributed by atoms with Crippen LogP contribution in [0.3, 0.4) is 0 Å². The van der Waals surface area contributed by atoms with Crippen molar-refractivity contribution in [3.8, 4) is 0 Å². The third-order valence-corrected chi connectivity index (χ3v) is 4.11. The van der Waals surface area contributed by atoms with E-state index in [0.717, 1.165) is 24.8 Å². The van der Waals surface area contributed by atoms with Crippen LogP contribution in [0.15, 0.2) is 6.07 Å². The van der Waals surface area contributed by atoms with Crippen LogP contribution >= 0.6 is 23.2 Å². The predicted octanol–water partition coefficient (Wildman–Crippen LogP) is 4.06. The molecule has 0 spiro atoms. The zero-order valence-corrected chi connectivity index (χ0v) is 12.4. The number of hydrogen-bond donors (Lipinski definition) is 1. The molecule has 0 bridgehead atoms. The fourth-order valence-electron chi connectivity index (χ4n) is 2.44. The van der Waals surface area contributed by atoms with Crippen molar-refractivity contribution in [1.82, 2.24) is 4.98 Å². The zero-order valence-electron chi connectivity index (χ0n) is 10.8. The van der Waals surface area contributed by atoms with Crippen LogP contribution in [0.5, 0.6) is 0 Å². The standard InChI is InChI=1S/C13H19Cl2N3/c1-3-9-5-4-6-18(8-9)13-11(15)7-10(14)12(16-2)17-13/h7,9H,3-6,8H2,1-2H3,(H,16,17). The minimum Gasteiger partial charge on any atom is -0.372 e. The van der Waals surface area contributed by atoms with Gasteiger partial charge in [0.15, 0.2) is 0 Å². The number of halogens is 2. The molecule has 2 heterocycles. The Bertz CT molecular complexity index is 423. The summed E-state index contributed by atoms with van der Waals surface area (Å²) in [6, 6.07) is 1.77. The maximum absolute atomic E-state index is 6.27. The van der Waals surface area contributed by atoms with Crippen molar-refractivity contribution < 1.29 is 0 Å². The van der Waals surface area contributed by atoms with Gasteiger partial charge in [-0.3, -0.25) is 0 Å². The molecule has 18 heavy (non-hydrogen) atoms. The number of anilines is 2. The first kappa shape index (κ1) is 13.8. The summed E-state index contributed by atoms with van der Waals surface area (Å²) < 4.78 is 0. The summed E-state index contributed by atoms with van der Waals surface area (Å²) in [5, 5.41) is 4.20. The van der Waals surface area contributed by atoms with E-state index in [0.29, 0.717) is 15.9 Å². The molecule has 0 aliphatic carbocycles. The van der Waals surface area contributed by atoms with Crippen LogP contribution < -0.4 is 10.2 Å². The van der Waals surface area contributed by atoms with Crippen LogP contribution in [-0.4, -0.2) is 25.1 Å². The molecule has 1 aromatic heterocycles. The van der Waals surface area contributed by atoms with E-state index in [-0.39, 0.29) is 0 Å². The summed E-state index contributed by atoms with van der Waals surface area (Å²) in [7, 11) is 1.82. The van der Waals surface area contributed by atoms with Gasteiger partial charge in [0.25, 0.3) is 0 Å². The first-order valence-corrected chi connectivity index (χ1v) is 7.20. The van der Waals surface area contributed by atoms with Crippen molar-refractivity contribution in [1.29, 1.82) is 0 Å². The van der Waals surface area contributed by atoms with Crippen molar-refractivity contribution >= 4 is 34.8 Å². The van der Waals surface area contributed by atoms with Gasteiger partial charge in [0, 0.05) is 20.1 Å². The van der Waals surface area contributed by atoms with Crippen LogP contribution in [0.25, 0.3) is 0 Å². The molecular formula is C13H19Cl2N3. The molecule has 0 radical (unpaired) electrons. The van der Waals surface area contributed by atoms with Gasteiger partial charge in [-0.1, -0.05) is 36.5 Å². The molecule has 100 valence electrons. The van der Waals surface area contributed by atoms with Crippen LogP contribution in [0.2, 0.25) is 10.0 Å². The first-order chi connectivity index (χ1) is 8.65. The lowest BCUT2D eigenvalue weighted by Gasteiger charge is -2.33. The minimum absolute atomic E-state index is 0.565. The van der Waals surface area contributed by atoms with Crippen molar-refractivity contribution in [3.05, 3.63) is 16.1 Å². The van der Waals surface area contributed by atoms with Gasteiger partial charge >= 0.3 is 0 Å². The van der Waals surface area contributed by atoms with Crippen LogP contribution in [-0.2, 0) is 0 Å². The minimum atomic E-state index is 0.565. The molecule has 1 saturated heterocycles. The SMILES string of the molecule is CCC1CCCN(c2nc(NC)c(Cl)cc2Cl)C1. The summed E-state index contributed by atoms with van der Waals surface area (Å²) >= 11 is 12.3. The zero-order chi connectivity index (χ0) is 13.1. The van der Waals surface area contributed by atoms with E-state index < -0.39 is 0 Å². The van der Waals surface area contributed by atoms with E-state index in [1.54, 1.807) is 6.07 Å². The Labute approximate surface area is 118 Å². The van der Waals surface area contributed by atoms with Gasteiger partial charge in [-0.15, -0.1) is 0 Å². The Morgan fingerprint density at radius 1 is 1.44 bits per heavy atom. The monoisotopic (exact) mass is 287 g/mol. The number of nitrogens with zero attached hydrogens (tertiary/aromatic N) is 2. The summed E-state index contributed by atoms with van der Waals surface area (Å²) in [6.07, 6.45) is 3.71. The number of piperidine rings is 1. The average molecular weight is 288 g/mol. The van der Waals surface area contributed by atoms with Gasteiger partial charge in [-0.2, -0.15) is 0 Å². The van der Waals surface area contributed by atoms with E-state index in [9.17, 15) is 0 Å². The molecule has 1 aliphatic rings. The van der Waals surface area contributed by atoms with Gasteiger partial charge in [0.2, 0.25) is 0 Å². The van der Waals surface area contributed by atoms with Gasteiger partial charge < -0.3 is 10.2 Å². The number of aromatic nitrogens is 1. The van der Waals surface area contributed by atoms with Gasteiger partial charge in [-0.05, 0) is 24.8 Å².